The fraction of sp³-hybridized carbons (Fsp3) is 0.579. The molecule has 1 fully saturated rings. The zero-order chi connectivity index (χ0) is 17.9. The molecule has 2 rings (SSSR count). The maximum Gasteiger partial charge on any atom is 0.314 e. The van der Waals surface area contributed by atoms with Gasteiger partial charge in [0.2, 0.25) is 0 Å². The van der Waals surface area contributed by atoms with Crippen LogP contribution in [-0.4, -0.2) is 25.2 Å². The number of esters is 2. The van der Waals surface area contributed by atoms with Crippen LogP contribution in [0.5, 0.6) is 5.75 Å². The van der Waals surface area contributed by atoms with E-state index in [9.17, 15) is 9.59 Å². The Morgan fingerprint density at radius 2 is 1.92 bits per heavy atom. The van der Waals surface area contributed by atoms with E-state index in [0.717, 1.165) is 11.1 Å². The Morgan fingerprint density at radius 3 is 2.46 bits per heavy atom. The quantitative estimate of drug-likeness (QED) is 0.434. The molecule has 0 aliphatic carbocycles. The van der Waals surface area contributed by atoms with Crippen LogP contribution in [-0.2, 0) is 24.7 Å². The minimum absolute atomic E-state index is 0.126. The summed E-state index contributed by atoms with van der Waals surface area (Å²) in [5.41, 5.74) is 1.03. The second-order valence-corrected chi connectivity index (χ2v) is 6.78. The van der Waals surface area contributed by atoms with Crippen molar-refractivity contribution < 1.29 is 23.8 Å². The molecular formula is C19H26O5. The second-order valence-electron chi connectivity index (χ2n) is 6.78. The maximum absolute atomic E-state index is 12.2. The van der Waals surface area contributed by atoms with E-state index in [1.807, 2.05) is 39.0 Å². The van der Waals surface area contributed by atoms with Crippen LogP contribution in [0.4, 0.5) is 0 Å². The normalized spacial score (nSPS) is 20.6. The average Bonchev–Trinajstić information content (AvgIpc) is 3.32. The largest absolute Gasteiger partial charge is 0.462 e. The van der Waals surface area contributed by atoms with Crippen LogP contribution >= 0.6 is 0 Å². The number of ether oxygens (including phenoxy) is 3. The average molecular weight is 334 g/mol. The van der Waals surface area contributed by atoms with Crippen LogP contribution in [0.1, 0.15) is 45.2 Å². The van der Waals surface area contributed by atoms with Gasteiger partial charge in [-0.2, -0.15) is 0 Å². The Balaban J connectivity index is 2.20. The molecular weight excluding hydrogens is 308 g/mol. The third-order valence-electron chi connectivity index (χ3n) is 4.27. The van der Waals surface area contributed by atoms with Gasteiger partial charge in [-0.1, -0.05) is 39.8 Å². The SMILES string of the molecule is CC[C@H](C)C(=O)Oc1cc(C)ccc1[C@@]1(COC(=O)C(C)C)CO1. The molecule has 1 saturated heterocycles. The van der Waals surface area contributed by atoms with Gasteiger partial charge in [0.25, 0.3) is 0 Å². The molecule has 0 saturated carbocycles. The number of aryl methyl sites for hydroxylation is 1. The summed E-state index contributed by atoms with van der Waals surface area (Å²) in [6, 6.07) is 5.64. The van der Waals surface area contributed by atoms with Gasteiger partial charge < -0.3 is 14.2 Å². The minimum Gasteiger partial charge on any atom is -0.462 e. The van der Waals surface area contributed by atoms with Gasteiger partial charge in [-0.05, 0) is 25.0 Å². The third kappa shape index (κ3) is 4.15. The Hall–Kier alpha value is -1.88. The molecule has 0 bridgehead atoms. The number of hydrogen-bond acceptors (Lipinski definition) is 5. The predicted molar refractivity (Wildman–Crippen MR) is 89.7 cm³/mol. The smallest absolute Gasteiger partial charge is 0.314 e. The molecule has 0 spiro atoms. The predicted octanol–water partition coefficient (Wildman–Crippen LogP) is 3.37. The summed E-state index contributed by atoms with van der Waals surface area (Å²) in [6.45, 7) is 9.85. The molecule has 1 heterocycles. The van der Waals surface area contributed by atoms with Crippen LogP contribution in [0.15, 0.2) is 18.2 Å². The fourth-order valence-corrected chi connectivity index (χ4v) is 2.22. The summed E-state index contributed by atoms with van der Waals surface area (Å²) in [4.78, 5) is 23.9. The topological polar surface area (TPSA) is 65.1 Å². The first-order chi connectivity index (χ1) is 11.3. The first kappa shape index (κ1) is 18.5. The van der Waals surface area contributed by atoms with Crippen molar-refractivity contribution >= 4 is 11.9 Å². The molecule has 1 aliphatic rings. The molecule has 1 aliphatic heterocycles. The van der Waals surface area contributed by atoms with E-state index in [1.165, 1.54) is 0 Å². The summed E-state index contributed by atoms with van der Waals surface area (Å²) < 4.78 is 16.5. The van der Waals surface area contributed by atoms with Gasteiger partial charge in [-0.3, -0.25) is 9.59 Å². The summed E-state index contributed by atoms with van der Waals surface area (Å²) in [7, 11) is 0. The van der Waals surface area contributed by atoms with Crippen LogP contribution in [0.2, 0.25) is 0 Å². The van der Waals surface area contributed by atoms with Crippen LogP contribution in [0, 0.1) is 18.8 Å². The van der Waals surface area contributed by atoms with Crippen molar-refractivity contribution in [3.63, 3.8) is 0 Å². The van der Waals surface area contributed by atoms with Crippen LogP contribution in [0.3, 0.4) is 0 Å². The molecule has 1 aromatic rings. The summed E-state index contributed by atoms with van der Waals surface area (Å²) >= 11 is 0. The van der Waals surface area contributed by atoms with Crippen molar-refractivity contribution in [3.8, 4) is 5.75 Å². The number of epoxide rings is 1. The Kier molecular flexibility index (Phi) is 5.65. The molecule has 5 nitrogen and oxygen atoms in total. The highest BCUT2D eigenvalue weighted by atomic mass is 16.6. The van der Waals surface area contributed by atoms with Crippen molar-refractivity contribution in [2.24, 2.45) is 11.8 Å². The Labute approximate surface area is 143 Å². The monoisotopic (exact) mass is 334 g/mol. The van der Waals surface area contributed by atoms with E-state index >= 15 is 0 Å². The van der Waals surface area contributed by atoms with Gasteiger partial charge >= 0.3 is 11.9 Å². The number of carbonyl (C=O) groups excluding carboxylic acids is 2. The van der Waals surface area contributed by atoms with Gasteiger partial charge in [-0.25, -0.2) is 0 Å². The number of carbonyl (C=O) groups is 2. The Morgan fingerprint density at radius 1 is 1.25 bits per heavy atom. The molecule has 24 heavy (non-hydrogen) atoms. The molecule has 132 valence electrons. The van der Waals surface area contributed by atoms with Crippen molar-refractivity contribution in [3.05, 3.63) is 29.3 Å². The van der Waals surface area contributed by atoms with Gasteiger partial charge in [0.1, 0.15) is 12.4 Å². The summed E-state index contributed by atoms with van der Waals surface area (Å²) in [6.07, 6.45) is 0.716. The second kappa shape index (κ2) is 7.34. The van der Waals surface area contributed by atoms with Gasteiger partial charge in [0.15, 0.2) is 5.60 Å². The zero-order valence-electron chi connectivity index (χ0n) is 15.0. The highest BCUT2D eigenvalue weighted by Crippen LogP contribution is 2.44. The van der Waals surface area contributed by atoms with Crippen molar-refractivity contribution in [1.29, 1.82) is 0 Å². The lowest BCUT2D eigenvalue weighted by molar-refractivity contribution is -0.149. The zero-order valence-corrected chi connectivity index (χ0v) is 15.0. The van der Waals surface area contributed by atoms with Crippen LogP contribution < -0.4 is 4.74 Å². The standard InChI is InChI=1S/C19H26O5/c1-6-14(5)18(21)24-16-9-13(4)7-8-15(16)19(11-23-19)10-22-17(20)12(2)3/h7-9,12,14H,6,10-11H2,1-5H3/t14-,19+/m0/s1. The molecule has 2 atom stereocenters. The van der Waals surface area contributed by atoms with E-state index in [-0.39, 0.29) is 30.4 Å². The van der Waals surface area contributed by atoms with Gasteiger partial charge in [-0.15, -0.1) is 0 Å². The molecule has 0 radical (unpaired) electrons. The van der Waals surface area contributed by atoms with Gasteiger partial charge in [0.05, 0.1) is 18.4 Å². The molecule has 0 unspecified atom stereocenters. The minimum atomic E-state index is -0.705. The van der Waals surface area contributed by atoms with Crippen molar-refractivity contribution in [2.45, 2.75) is 46.6 Å². The summed E-state index contributed by atoms with van der Waals surface area (Å²) in [5.74, 6) is -0.414. The fourth-order valence-electron chi connectivity index (χ4n) is 2.22. The molecule has 0 amide bonds. The molecule has 5 heteroatoms. The number of rotatable bonds is 7. The van der Waals surface area contributed by atoms with E-state index in [2.05, 4.69) is 0 Å². The molecule has 1 aromatic carbocycles. The van der Waals surface area contributed by atoms with Crippen molar-refractivity contribution in [2.75, 3.05) is 13.2 Å². The number of benzene rings is 1. The van der Waals surface area contributed by atoms with Gasteiger partial charge in [0, 0.05) is 5.56 Å². The molecule has 0 N–H and O–H groups in total. The molecule has 0 aromatic heterocycles. The first-order valence-electron chi connectivity index (χ1n) is 8.42. The Bertz CT molecular complexity index is 616. The summed E-state index contributed by atoms with van der Waals surface area (Å²) in [5, 5.41) is 0. The van der Waals surface area contributed by atoms with Crippen molar-refractivity contribution in [1.82, 2.24) is 0 Å². The highest BCUT2D eigenvalue weighted by molar-refractivity contribution is 5.75. The van der Waals surface area contributed by atoms with Crippen LogP contribution in [0.25, 0.3) is 0 Å². The van der Waals surface area contributed by atoms with E-state index in [0.29, 0.717) is 18.8 Å². The third-order valence-corrected chi connectivity index (χ3v) is 4.27. The first-order valence-corrected chi connectivity index (χ1v) is 8.42. The lowest BCUT2D eigenvalue weighted by atomic mass is 9.98. The van der Waals surface area contributed by atoms with E-state index in [4.69, 9.17) is 14.2 Å². The highest BCUT2D eigenvalue weighted by Gasteiger charge is 2.50. The lowest BCUT2D eigenvalue weighted by Crippen LogP contribution is -2.24. The van der Waals surface area contributed by atoms with E-state index < -0.39 is 5.60 Å². The lowest BCUT2D eigenvalue weighted by Gasteiger charge is -2.19. The van der Waals surface area contributed by atoms with E-state index in [1.54, 1.807) is 13.8 Å². The maximum atomic E-state index is 12.2. The number of hydrogen-bond donors (Lipinski definition) is 0.